The topological polar surface area (TPSA) is 120 Å². The predicted molar refractivity (Wildman–Crippen MR) is 159 cm³/mol. The van der Waals surface area contributed by atoms with E-state index < -0.39 is 29.2 Å². The van der Waals surface area contributed by atoms with Crippen molar-refractivity contribution in [2.75, 3.05) is 10.7 Å². The number of rotatable bonds is 15. The fourth-order valence-electron chi connectivity index (χ4n) is 4.98. The van der Waals surface area contributed by atoms with Crippen LogP contribution in [0.1, 0.15) is 105 Å². The number of nitrogens with zero attached hydrogens (tertiary/aromatic N) is 3. The molecule has 41 heavy (non-hydrogen) atoms. The Morgan fingerprint density at radius 1 is 0.902 bits per heavy atom. The van der Waals surface area contributed by atoms with Gasteiger partial charge in [-0.1, -0.05) is 76.3 Å². The number of cyclic esters (lactones) is 1. The molecule has 0 bridgehead atoms. The Bertz CT molecular complexity index is 1360. The van der Waals surface area contributed by atoms with Crippen LogP contribution in [0.3, 0.4) is 0 Å². The van der Waals surface area contributed by atoms with Gasteiger partial charge in [-0.25, -0.2) is 13.9 Å². The predicted octanol–water partition coefficient (Wildman–Crippen LogP) is 7.89. The Hall–Kier alpha value is -3.40. The number of amides is 2. The second-order valence-corrected chi connectivity index (χ2v) is 11.8. The molecule has 2 aromatic rings. The van der Waals surface area contributed by atoms with Crippen molar-refractivity contribution in [3.8, 4) is 17.9 Å². The lowest BCUT2D eigenvalue weighted by molar-refractivity contribution is -0.122. The van der Waals surface area contributed by atoms with E-state index in [-0.39, 0.29) is 21.8 Å². The molecule has 2 aromatic carbocycles. The number of halogens is 1. The van der Waals surface area contributed by atoms with Crippen molar-refractivity contribution in [2.24, 2.45) is 0 Å². The van der Waals surface area contributed by atoms with E-state index >= 15 is 0 Å². The van der Waals surface area contributed by atoms with Crippen LogP contribution in [0.15, 0.2) is 24.3 Å². The van der Waals surface area contributed by atoms with Gasteiger partial charge in [0.25, 0.3) is 5.91 Å². The third kappa shape index (κ3) is 8.31. The molecule has 8 nitrogen and oxygen atoms in total. The van der Waals surface area contributed by atoms with Gasteiger partial charge in [-0.15, -0.1) is 0 Å². The van der Waals surface area contributed by atoms with Gasteiger partial charge in [-0.05, 0) is 55.7 Å². The summed E-state index contributed by atoms with van der Waals surface area (Å²) in [5.74, 6) is 0.187. The average molecular weight is 598 g/mol. The maximum absolute atomic E-state index is 13.4. The lowest BCUT2D eigenvalue weighted by Gasteiger charge is -2.17. The Labute approximate surface area is 249 Å². The molecule has 1 aliphatic heterocycles. The second-order valence-electron chi connectivity index (χ2n) is 10.3. The van der Waals surface area contributed by atoms with Gasteiger partial charge >= 0.3 is 6.09 Å². The second kappa shape index (κ2) is 15.6. The number of anilines is 1. The molecule has 1 saturated heterocycles. The largest absolute Gasteiger partial charge is 0.430 e. The fourth-order valence-corrected chi connectivity index (χ4v) is 6.06. The first-order valence-electron chi connectivity index (χ1n) is 14.1. The SMILES string of the molecule is CCCCCCCCCCCCS(=O)Oc1cc(C)c(C2OC(=O)N(c3cc(C#N)c(C#N)cc3Cl)C2=O)c(C)c1. The zero-order valence-corrected chi connectivity index (χ0v) is 25.4. The molecule has 2 atom stereocenters. The van der Waals surface area contributed by atoms with E-state index in [1.165, 1.54) is 57.1 Å². The first-order valence-corrected chi connectivity index (χ1v) is 15.7. The van der Waals surface area contributed by atoms with Crippen LogP contribution in [0, 0.1) is 36.5 Å². The van der Waals surface area contributed by atoms with Crippen molar-refractivity contribution in [2.45, 2.75) is 91.1 Å². The highest BCUT2D eigenvalue weighted by Crippen LogP contribution is 2.39. The minimum atomic E-state index is -1.49. The van der Waals surface area contributed by atoms with E-state index in [1.807, 2.05) is 12.1 Å². The van der Waals surface area contributed by atoms with Crippen LogP contribution in [0.2, 0.25) is 5.02 Å². The van der Waals surface area contributed by atoms with E-state index in [0.717, 1.165) is 24.2 Å². The summed E-state index contributed by atoms with van der Waals surface area (Å²) in [5, 5.41) is 18.5. The van der Waals surface area contributed by atoms with Gasteiger partial charge in [0.15, 0.2) is 0 Å². The van der Waals surface area contributed by atoms with Crippen LogP contribution in [0.4, 0.5) is 10.5 Å². The van der Waals surface area contributed by atoms with Crippen molar-refractivity contribution < 1.29 is 22.7 Å². The number of ether oxygens (including phenoxy) is 1. The summed E-state index contributed by atoms with van der Waals surface area (Å²) in [5.41, 5.74) is 1.74. The van der Waals surface area contributed by atoms with E-state index in [4.69, 9.17) is 20.5 Å². The highest BCUT2D eigenvalue weighted by molar-refractivity contribution is 7.80. The molecule has 0 aliphatic carbocycles. The monoisotopic (exact) mass is 597 g/mol. The van der Waals surface area contributed by atoms with Crippen LogP contribution < -0.4 is 9.08 Å². The van der Waals surface area contributed by atoms with Crippen LogP contribution in [0.25, 0.3) is 0 Å². The number of imide groups is 1. The minimum Gasteiger partial charge on any atom is -0.430 e. The number of hydrogen-bond acceptors (Lipinski definition) is 7. The molecular weight excluding hydrogens is 562 g/mol. The van der Waals surface area contributed by atoms with Crippen molar-refractivity contribution >= 4 is 40.4 Å². The molecule has 10 heteroatoms. The maximum atomic E-state index is 13.4. The lowest BCUT2D eigenvalue weighted by Crippen LogP contribution is -2.30. The Morgan fingerprint density at radius 3 is 2.00 bits per heavy atom. The first kappa shape index (κ1) is 32.1. The molecule has 0 radical (unpaired) electrons. The highest BCUT2D eigenvalue weighted by Gasteiger charge is 2.45. The molecule has 1 fully saturated rings. The van der Waals surface area contributed by atoms with Crippen molar-refractivity contribution in [3.63, 3.8) is 0 Å². The summed E-state index contributed by atoms with van der Waals surface area (Å²) < 4.78 is 23.7. The molecule has 2 unspecified atom stereocenters. The zero-order chi connectivity index (χ0) is 29.9. The number of nitriles is 2. The molecule has 0 saturated carbocycles. The van der Waals surface area contributed by atoms with Crippen LogP contribution in [-0.4, -0.2) is 22.0 Å². The summed E-state index contributed by atoms with van der Waals surface area (Å²) in [6.45, 7) is 5.74. The Kier molecular flexibility index (Phi) is 12.2. The van der Waals surface area contributed by atoms with Crippen LogP contribution in [-0.2, 0) is 20.6 Å². The van der Waals surface area contributed by atoms with E-state index in [1.54, 1.807) is 26.0 Å². The minimum absolute atomic E-state index is 0.0179. The van der Waals surface area contributed by atoms with Gasteiger partial charge in [0.2, 0.25) is 17.2 Å². The van der Waals surface area contributed by atoms with Gasteiger partial charge in [-0.3, -0.25) is 4.79 Å². The van der Waals surface area contributed by atoms with E-state index in [0.29, 0.717) is 28.2 Å². The van der Waals surface area contributed by atoms with Crippen molar-refractivity contribution in [1.82, 2.24) is 0 Å². The Morgan fingerprint density at radius 2 is 1.44 bits per heavy atom. The van der Waals surface area contributed by atoms with Crippen molar-refractivity contribution in [1.29, 1.82) is 10.5 Å². The Balaban J connectivity index is 1.59. The zero-order valence-electron chi connectivity index (χ0n) is 23.8. The highest BCUT2D eigenvalue weighted by atomic mass is 35.5. The number of carbonyl (C=O) groups is 2. The lowest BCUT2D eigenvalue weighted by atomic mass is 9.97. The summed E-state index contributed by atoms with van der Waals surface area (Å²) in [6.07, 6.45) is 9.78. The summed E-state index contributed by atoms with van der Waals surface area (Å²) >= 11 is 4.77. The van der Waals surface area contributed by atoms with Gasteiger partial charge in [0.1, 0.15) is 17.9 Å². The molecule has 0 N–H and O–H groups in total. The van der Waals surface area contributed by atoms with Gasteiger partial charge < -0.3 is 8.92 Å². The van der Waals surface area contributed by atoms with Gasteiger partial charge in [0.05, 0.1) is 27.6 Å². The van der Waals surface area contributed by atoms with Crippen molar-refractivity contribution in [3.05, 3.63) is 57.1 Å². The molecule has 218 valence electrons. The molecule has 0 spiro atoms. The van der Waals surface area contributed by atoms with Crippen LogP contribution >= 0.6 is 11.6 Å². The molecule has 1 aliphatic rings. The third-order valence-electron chi connectivity index (χ3n) is 7.10. The van der Waals surface area contributed by atoms with E-state index in [9.17, 15) is 24.3 Å². The number of benzene rings is 2. The molecule has 2 amide bonds. The third-order valence-corrected chi connectivity index (χ3v) is 8.40. The fraction of sp³-hybridized carbons (Fsp3) is 0.484. The normalized spacial score (nSPS) is 15.4. The summed E-state index contributed by atoms with van der Waals surface area (Å²) in [7, 11) is 0. The average Bonchev–Trinajstić information content (AvgIpc) is 3.22. The standard InChI is InChI=1S/C31H36ClN3O5S/c1-4-5-6-7-8-9-10-11-12-13-14-41(38)40-25-15-21(2)28(22(3)16-25)29-30(36)35(31(37)39-29)27-18-24(20-34)23(19-33)17-26(27)32/h15-18,29H,4-14H2,1-3H3. The van der Waals surface area contributed by atoms with Crippen LogP contribution in [0.5, 0.6) is 5.75 Å². The number of unbranched alkanes of at least 4 members (excludes halogenated alkanes) is 9. The number of hydrogen-bond donors (Lipinski definition) is 0. The smallest absolute Gasteiger partial charge is 0.422 e. The van der Waals surface area contributed by atoms with Gasteiger partial charge in [-0.2, -0.15) is 10.5 Å². The molecular formula is C31H36ClN3O5S. The molecule has 3 rings (SSSR count). The maximum Gasteiger partial charge on any atom is 0.422 e. The summed E-state index contributed by atoms with van der Waals surface area (Å²) in [4.78, 5) is 26.9. The van der Waals surface area contributed by atoms with Gasteiger partial charge in [0, 0.05) is 5.56 Å². The number of carbonyl (C=O) groups excluding carboxylic acids is 2. The molecule has 0 aromatic heterocycles. The van der Waals surface area contributed by atoms with E-state index in [2.05, 4.69) is 6.92 Å². The first-order chi connectivity index (χ1) is 19.7. The molecule has 1 heterocycles. The summed E-state index contributed by atoms with van der Waals surface area (Å²) in [6, 6.07) is 9.54. The number of aryl methyl sites for hydroxylation is 2. The quantitative estimate of drug-likeness (QED) is 0.191.